The van der Waals surface area contributed by atoms with Gasteiger partial charge in [-0.1, -0.05) is 13.3 Å². The van der Waals surface area contributed by atoms with Crippen LogP contribution in [0.2, 0.25) is 0 Å². The van der Waals surface area contributed by atoms with E-state index >= 15 is 0 Å². The number of ether oxygens (including phenoxy) is 1. The second-order valence-corrected chi connectivity index (χ2v) is 4.22. The van der Waals surface area contributed by atoms with Crippen LogP contribution in [-0.4, -0.2) is 31.3 Å². The number of nitrogens with one attached hydrogen (secondary N) is 2. The summed E-state index contributed by atoms with van der Waals surface area (Å²) in [6.07, 6.45) is 3.21. The Hall–Kier alpha value is -0.810. The van der Waals surface area contributed by atoms with Gasteiger partial charge in [-0.25, -0.2) is 5.84 Å². The first-order chi connectivity index (χ1) is 7.20. The smallest absolute Gasteiger partial charge is 0.206 e. The van der Waals surface area contributed by atoms with E-state index in [-0.39, 0.29) is 5.54 Å². The zero-order valence-corrected chi connectivity index (χ0v) is 9.68. The van der Waals surface area contributed by atoms with E-state index < -0.39 is 0 Å². The highest BCUT2D eigenvalue weighted by atomic mass is 16.5. The molecule has 5 nitrogen and oxygen atoms in total. The van der Waals surface area contributed by atoms with Crippen LogP contribution in [0.4, 0.5) is 0 Å². The van der Waals surface area contributed by atoms with Crippen LogP contribution in [0.1, 0.15) is 33.1 Å². The molecule has 0 aliphatic carbocycles. The lowest BCUT2D eigenvalue weighted by Crippen LogP contribution is -2.53. The molecule has 1 unspecified atom stereocenters. The maximum absolute atomic E-state index is 5.41. The lowest BCUT2D eigenvalue weighted by atomic mass is 10.0. The van der Waals surface area contributed by atoms with Crippen molar-refractivity contribution in [2.75, 3.05) is 19.8 Å². The van der Waals surface area contributed by atoms with Gasteiger partial charge in [-0.05, 0) is 19.8 Å². The van der Waals surface area contributed by atoms with E-state index in [1.807, 2.05) is 0 Å². The molecule has 88 valence electrons. The molecule has 1 heterocycles. The summed E-state index contributed by atoms with van der Waals surface area (Å²) in [5, 5.41) is 3.29. The third kappa shape index (κ3) is 4.05. The number of hydrogen-bond donors (Lipinski definition) is 3. The van der Waals surface area contributed by atoms with Crippen molar-refractivity contribution in [1.82, 2.24) is 10.7 Å². The summed E-state index contributed by atoms with van der Waals surface area (Å²) >= 11 is 0. The van der Waals surface area contributed by atoms with E-state index in [4.69, 9.17) is 10.6 Å². The SMILES string of the molecule is CCCCN=C(NN)NC1(C)CCOC1. The normalized spacial score (nSPS) is 26.7. The Balaban J connectivity index is 2.41. The van der Waals surface area contributed by atoms with Crippen molar-refractivity contribution in [3.8, 4) is 0 Å². The number of unbranched alkanes of at least 4 members (excludes halogenated alkanes) is 1. The fraction of sp³-hybridized carbons (Fsp3) is 0.900. The number of aliphatic imine (C=N–C) groups is 1. The van der Waals surface area contributed by atoms with E-state index in [0.29, 0.717) is 12.6 Å². The summed E-state index contributed by atoms with van der Waals surface area (Å²) < 4.78 is 5.35. The first-order valence-electron chi connectivity index (χ1n) is 5.57. The minimum atomic E-state index is -0.0303. The maximum atomic E-state index is 5.41. The van der Waals surface area contributed by atoms with Crippen molar-refractivity contribution in [1.29, 1.82) is 0 Å². The molecule has 0 aromatic heterocycles. The minimum absolute atomic E-state index is 0.0303. The van der Waals surface area contributed by atoms with Gasteiger partial charge in [0.25, 0.3) is 0 Å². The third-order valence-corrected chi connectivity index (χ3v) is 2.56. The summed E-state index contributed by atoms with van der Waals surface area (Å²) in [5.74, 6) is 6.07. The molecule has 1 aliphatic rings. The van der Waals surface area contributed by atoms with Crippen LogP contribution >= 0.6 is 0 Å². The van der Waals surface area contributed by atoms with Gasteiger partial charge >= 0.3 is 0 Å². The fourth-order valence-electron chi connectivity index (χ4n) is 1.52. The molecular formula is C10H22N4O. The molecule has 0 amide bonds. The van der Waals surface area contributed by atoms with Crippen molar-refractivity contribution in [2.45, 2.75) is 38.6 Å². The molecule has 0 bridgehead atoms. The van der Waals surface area contributed by atoms with Crippen molar-refractivity contribution >= 4 is 5.96 Å². The molecule has 1 saturated heterocycles. The van der Waals surface area contributed by atoms with Crippen molar-refractivity contribution in [3.63, 3.8) is 0 Å². The molecule has 1 aliphatic heterocycles. The molecule has 15 heavy (non-hydrogen) atoms. The first-order valence-corrected chi connectivity index (χ1v) is 5.57. The number of hydrogen-bond acceptors (Lipinski definition) is 3. The van der Waals surface area contributed by atoms with Gasteiger partial charge in [0.05, 0.1) is 12.1 Å². The average Bonchev–Trinajstić information content (AvgIpc) is 2.64. The standard InChI is InChI=1S/C10H22N4O/c1-3-4-6-12-9(14-11)13-10(2)5-7-15-8-10/h3-8,11H2,1-2H3,(H2,12,13,14). The summed E-state index contributed by atoms with van der Waals surface area (Å²) in [7, 11) is 0. The second kappa shape index (κ2) is 5.92. The molecule has 0 spiro atoms. The highest BCUT2D eigenvalue weighted by molar-refractivity contribution is 5.80. The number of guanidine groups is 1. The predicted octanol–water partition coefficient (Wildman–Crippen LogP) is 0.374. The van der Waals surface area contributed by atoms with Crippen molar-refractivity contribution < 1.29 is 4.74 Å². The molecule has 0 aromatic rings. The summed E-state index contributed by atoms with van der Waals surface area (Å²) in [5.41, 5.74) is 2.57. The molecule has 4 N–H and O–H groups in total. The Morgan fingerprint density at radius 1 is 1.60 bits per heavy atom. The highest BCUT2D eigenvalue weighted by Gasteiger charge is 2.30. The summed E-state index contributed by atoms with van der Waals surface area (Å²) in [4.78, 5) is 4.35. The van der Waals surface area contributed by atoms with Crippen LogP contribution < -0.4 is 16.6 Å². The predicted molar refractivity (Wildman–Crippen MR) is 61.5 cm³/mol. The first kappa shape index (κ1) is 12.3. The van der Waals surface area contributed by atoms with Gasteiger partial charge < -0.3 is 10.1 Å². The maximum Gasteiger partial charge on any atom is 0.206 e. The van der Waals surface area contributed by atoms with Gasteiger partial charge in [0, 0.05) is 13.2 Å². The van der Waals surface area contributed by atoms with Crippen LogP contribution in [0.15, 0.2) is 4.99 Å². The molecule has 0 radical (unpaired) electrons. The minimum Gasteiger partial charge on any atom is -0.379 e. The van der Waals surface area contributed by atoms with Gasteiger partial charge in [-0.2, -0.15) is 0 Å². The quantitative estimate of drug-likeness (QED) is 0.208. The molecule has 0 saturated carbocycles. The molecule has 0 aromatic carbocycles. The van der Waals surface area contributed by atoms with Crippen molar-refractivity contribution in [3.05, 3.63) is 0 Å². The Morgan fingerprint density at radius 2 is 2.40 bits per heavy atom. The topological polar surface area (TPSA) is 71.7 Å². The number of nitrogens with two attached hydrogens (primary N) is 1. The van der Waals surface area contributed by atoms with Gasteiger partial charge in [0.1, 0.15) is 0 Å². The number of hydrazine groups is 1. The lowest BCUT2D eigenvalue weighted by Gasteiger charge is -2.25. The summed E-state index contributed by atoms with van der Waals surface area (Å²) in [6.45, 7) is 6.58. The van der Waals surface area contributed by atoms with Crippen LogP contribution in [0.3, 0.4) is 0 Å². The Kier molecular flexibility index (Phi) is 4.84. The number of nitrogens with zero attached hydrogens (tertiary/aromatic N) is 1. The van der Waals surface area contributed by atoms with Crippen LogP contribution in [-0.2, 0) is 4.74 Å². The fourth-order valence-corrected chi connectivity index (χ4v) is 1.52. The van der Waals surface area contributed by atoms with E-state index in [9.17, 15) is 0 Å². The van der Waals surface area contributed by atoms with Crippen LogP contribution in [0.25, 0.3) is 0 Å². The van der Waals surface area contributed by atoms with Gasteiger partial charge in [0.15, 0.2) is 0 Å². The Morgan fingerprint density at radius 3 is 2.93 bits per heavy atom. The molecule has 1 fully saturated rings. The highest BCUT2D eigenvalue weighted by Crippen LogP contribution is 2.16. The summed E-state index contributed by atoms with van der Waals surface area (Å²) in [6, 6.07) is 0. The van der Waals surface area contributed by atoms with E-state index in [2.05, 4.69) is 29.6 Å². The zero-order chi connectivity index (χ0) is 11.1. The van der Waals surface area contributed by atoms with Crippen molar-refractivity contribution in [2.24, 2.45) is 10.8 Å². The average molecular weight is 214 g/mol. The Labute approximate surface area is 91.4 Å². The third-order valence-electron chi connectivity index (χ3n) is 2.56. The molecule has 5 heteroatoms. The van der Waals surface area contributed by atoms with Gasteiger partial charge in [0.2, 0.25) is 5.96 Å². The van der Waals surface area contributed by atoms with Gasteiger partial charge in [-0.15, -0.1) is 0 Å². The Bertz CT molecular complexity index is 211. The molecule has 1 rings (SSSR count). The van der Waals surface area contributed by atoms with E-state index in [0.717, 1.165) is 32.4 Å². The second-order valence-electron chi connectivity index (χ2n) is 4.22. The monoisotopic (exact) mass is 214 g/mol. The van der Waals surface area contributed by atoms with E-state index in [1.165, 1.54) is 0 Å². The van der Waals surface area contributed by atoms with E-state index in [1.54, 1.807) is 0 Å². The van der Waals surface area contributed by atoms with Crippen LogP contribution in [0.5, 0.6) is 0 Å². The largest absolute Gasteiger partial charge is 0.379 e. The van der Waals surface area contributed by atoms with Gasteiger partial charge in [-0.3, -0.25) is 10.4 Å². The number of rotatable bonds is 4. The molecular weight excluding hydrogens is 192 g/mol. The van der Waals surface area contributed by atoms with Crippen LogP contribution in [0, 0.1) is 0 Å². The molecule has 1 atom stereocenters. The lowest BCUT2D eigenvalue weighted by molar-refractivity contribution is 0.177. The zero-order valence-electron chi connectivity index (χ0n) is 9.68.